The van der Waals surface area contributed by atoms with E-state index in [1.807, 2.05) is 26.8 Å². The van der Waals surface area contributed by atoms with Gasteiger partial charge in [-0.25, -0.2) is 9.97 Å². The molecule has 1 aromatic heterocycles. The molecular weight excluding hydrogens is 296 g/mol. The summed E-state index contributed by atoms with van der Waals surface area (Å²) >= 11 is 0. The summed E-state index contributed by atoms with van der Waals surface area (Å²) in [6.45, 7) is 6.12. The molecule has 1 heterocycles. The molecule has 0 saturated carbocycles. The number of hydrogen-bond acceptors (Lipinski definition) is 6. The number of hydrazine groups is 1. The van der Waals surface area contributed by atoms with E-state index in [-0.39, 0.29) is 12.5 Å². The van der Waals surface area contributed by atoms with E-state index < -0.39 is 0 Å². The van der Waals surface area contributed by atoms with Crippen LogP contribution in [0.2, 0.25) is 0 Å². The van der Waals surface area contributed by atoms with Gasteiger partial charge in [-0.3, -0.25) is 15.6 Å². The van der Waals surface area contributed by atoms with Gasteiger partial charge in [0, 0.05) is 11.4 Å². The molecule has 0 aliphatic heterocycles. The van der Waals surface area contributed by atoms with Crippen molar-refractivity contribution in [2.75, 3.05) is 18.6 Å². The molecule has 0 aliphatic carbocycles. The highest BCUT2D eigenvalue weighted by atomic mass is 16.5. The van der Waals surface area contributed by atoms with Crippen LogP contribution < -0.4 is 20.3 Å². The van der Waals surface area contributed by atoms with Crippen molar-refractivity contribution in [3.05, 3.63) is 41.7 Å². The molecule has 0 bridgehead atoms. The van der Waals surface area contributed by atoms with E-state index in [1.165, 1.54) is 0 Å². The highest BCUT2D eigenvalue weighted by molar-refractivity contribution is 5.78. The second-order valence-corrected chi connectivity index (χ2v) is 4.84. The molecule has 2 aromatic rings. The van der Waals surface area contributed by atoms with Crippen molar-refractivity contribution < 1.29 is 14.3 Å². The van der Waals surface area contributed by atoms with Gasteiger partial charge in [-0.1, -0.05) is 0 Å². The zero-order valence-corrected chi connectivity index (χ0v) is 13.4. The Morgan fingerprint density at radius 3 is 2.17 bits per heavy atom. The molecule has 0 radical (unpaired) electrons. The van der Waals surface area contributed by atoms with Gasteiger partial charge in [0.25, 0.3) is 5.91 Å². The predicted octanol–water partition coefficient (Wildman–Crippen LogP) is 2.01. The van der Waals surface area contributed by atoms with Crippen molar-refractivity contribution in [1.29, 1.82) is 0 Å². The lowest BCUT2D eigenvalue weighted by Gasteiger charge is -2.10. The number of benzene rings is 1. The highest BCUT2D eigenvalue weighted by Gasteiger charge is 2.05. The van der Waals surface area contributed by atoms with Crippen molar-refractivity contribution >= 4 is 11.9 Å². The normalized spacial score (nSPS) is 10.0. The Kier molecular flexibility index (Phi) is 5.74. The fourth-order valence-electron chi connectivity index (χ4n) is 1.89. The van der Waals surface area contributed by atoms with Gasteiger partial charge in [0.05, 0.1) is 6.61 Å². The van der Waals surface area contributed by atoms with Crippen LogP contribution in [0.3, 0.4) is 0 Å². The molecule has 0 fully saturated rings. The summed E-state index contributed by atoms with van der Waals surface area (Å²) in [6, 6.07) is 8.93. The smallest absolute Gasteiger partial charge is 0.276 e. The van der Waals surface area contributed by atoms with E-state index in [4.69, 9.17) is 9.47 Å². The third-order valence-corrected chi connectivity index (χ3v) is 2.80. The topological polar surface area (TPSA) is 85.4 Å². The average molecular weight is 316 g/mol. The molecule has 0 atom stereocenters. The minimum Gasteiger partial charge on any atom is -0.494 e. The number of anilines is 1. The van der Waals surface area contributed by atoms with Gasteiger partial charge < -0.3 is 9.47 Å². The summed E-state index contributed by atoms with van der Waals surface area (Å²) in [6.07, 6.45) is 0. The summed E-state index contributed by atoms with van der Waals surface area (Å²) in [5.74, 6) is 1.36. The van der Waals surface area contributed by atoms with Gasteiger partial charge in [0.15, 0.2) is 6.61 Å². The maximum atomic E-state index is 11.8. The van der Waals surface area contributed by atoms with Crippen molar-refractivity contribution in [3.8, 4) is 11.5 Å². The fourth-order valence-corrected chi connectivity index (χ4v) is 1.89. The standard InChI is InChI=1S/C16H20N4O3/c1-4-22-13-5-7-14(8-6-13)23-10-15(21)19-20-16-17-11(2)9-12(3)18-16/h5-9H,4,10H2,1-3H3,(H,19,21)(H,17,18,20). The number of amides is 1. The SMILES string of the molecule is CCOc1ccc(OCC(=O)NNc2nc(C)cc(C)n2)cc1. The minimum absolute atomic E-state index is 0.119. The number of ether oxygens (including phenoxy) is 2. The summed E-state index contributed by atoms with van der Waals surface area (Å²) in [5.41, 5.74) is 6.80. The van der Waals surface area contributed by atoms with Crippen LogP contribution in [-0.4, -0.2) is 29.1 Å². The maximum Gasteiger partial charge on any atom is 0.276 e. The number of hydrogen-bond donors (Lipinski definition) is 2. The lowest BCUT2D eigenvalue weighted by Crippen LogP contribution is -2.34. The molecule has 2 N–H and O–H groups in total. The number of aryl methyl sites for hydroxylation is 2. The third-order valence-electron chi connectivity index (χ3n) is 2.80. The minimum atomic E-state index is -0.332. The van der Waals surface area contributed by atoms with Crippen LogP contribution in [0.15, 0.2) is 30.3 Å². The van der Waals surface area contributed by atoms with E-state index in [0.29, 0.717) is 18.3 Å². The molecule has 7 nitrogen and oxygen atoms in total. The third kappa shape index (κ3) is 5.46. The number of aromatic nitrogens is 2. The van der Waals surface area contributed by atoms with Crippen LogP contribution in [-0.2, 0) is 4.79 Å². The maximum absolute atomic E-state index is 11.8. The summed E-state index contributed by atoms with van der Waals surface area (Å²) in [4.78, 5) is 20.1. The summed E-state index contributed by atoms with van der Waals surface area (Å²) in [5, 5.41) is 0. The van der Waals surface area contributed by atoms with Crippen LogP contribution in [0.1, 0.15) is 18.3 Å². The van der Waals surface area contributed by atoms with Crippen molar-refractivity contribution in [2.24, 2.45) is 0 Å². The molecule has 2 rings (SSSR count). The molecule has 0 saturated heterocycles. The molecule has 0 aliphatic rings. The lowest BCUT2D eigenvalue weighted by atomic mass is 10.3. The molecular formula is C16H20N4O3. The van der Waals surface area contributed by atoms with Gasteiger partial charge in [-0.15, -0.1) is 0 Å². The van der Waals surface area contributed by atoms with Crippen molar-refractivity contribution in [2.45, 2.75) is 20.8 Å². The lowest BCUT2D eigenvalue weighted by molar-refractivity contribution is -0.122. The molecule has 122 valence electrons. The van der Waals surface area contributed by atoms with Gasteiger partial charge in [0.2, 0.25) is 5.95 Å². The number of carbonyl (C=O) groups is 1. The number of nitrogens with one attached hydrogen (secondary N) is 2. The first-order valence-electron chi connectivity index (χ1n) is 7.29. The first kappa shape index (κ1) is 16.5. The molecule has 0 unspecified atom stereocenters. The van der Waals surface area contributed by atoms with E-state index >= 15 is 0 Å². The Bertz CT molecular complexity index is 639. The zero-order chi connectivity index (χ0) is 16.7. The number of rotatable bonds is 7. The molecule has 7 heteroatoms. The second-order valence-electron chi connectivity index (χ2n) is 4.84. The van der Waals surface area contributed by atoms with E-state index in [1.54, 1.807) is 24.3 Å². The summed E-state index contributed by atoms with van der Waals surface area (Å²) < 4.78 is 10.7. The van der Waals surface area contributed by atoms with Gasteiger partial charge in [-0.05, 0) is 51.1 Å². The Labute approximate surface area is 135 Å². The van der Waals surface area contributed by atoms with E-state index in [9.17, 15) is 4.79 Å². The Balaban J connectivity index is 1.78. The van der Waals surface area contributed by atoms with E-state index in [2.05, 4.69) is 20.8 Å². The van der Waals surface area contributed by atoms with Gasteiger partial charge in [-0.2, -0.15) is 0 Å². The van der Waals surface area contributed by atoms with Crippen LogP contribution in [0.25, 0.3) is 0 Å². The highest BCUT2D eigenvalue weighted by Crippen LogP contribution is 2.17. The Morgan fingerprint density at radius 2 is 1.61 bits per heavy atom. The number of nitrogens with zero attached hydrogens (tertiary/aromatic N) is 2. The quantitative estimate of drug-likeness (QED) is 0.760. The molecule has 0 spiro atoms. The molecule has 1 aromatic carbocycles. The largest absolute Gasteiger partial charge is 0.494 e. The zero-order valence-electron chi connectivity index (χ0n) is 13.4. The van der Waals surface area contributed by atoms with Crippen LogP contribution in [0.4, 0.5) is 5.95 Å². The predicted molar refractivity (Wildman–Crippen MR) is 86.4 cm³/mol. The number of carbonyl (C=O) groups excluding carboxylic acids is 1. The van der Waals surface area contributed by atoms with Crippen LogP contribution in [0, 0.1) is 13.8 Å². The molecule has 23 heavy (non-hydrogen) atoms. The first-order chi connectivity index (χ1) is 11.1. The van der Waals surface area contributed by atoms with Gasteiger partial charge >= 0.3 is 0 Å². The average Bonchev–Trinajstić information content (AvgIpc) is 2.52. The van der Waals surface area contributed by atoms with Crippen molar-refractivity contribution in [1.82, 2.24) is 15.4 Å². The Morgan fingerprint density at radius 1 is 1.04 bits per heavy atom. The Hall–Kier alpha value is -2.83. The van der Waals surface area contributed by atoms with Gasteiger partial charge in [0.1, 0.15) is 11.5 Å². The summed E-state index contributed by atoms with van der Waals surface area (Å²) in [7, 11) is 0. The van der Waals surface area contributed by atoms with Crippen LogP contribution >= 0.6 is 0 Å². The van der Waals surface area contributed by atoms with Crippen LogP contribution in [0.5, 0.6) is 11.5 Å². The fraction of sp³-hybridized carbons (Fsp3) is 0.312. The second kappa shape index (κ2) is 7.98. The first-order valence-corrected chi connectivity index (χ1v) is 7.29. The monoisotopic (exact) mass is 316 g/mol. The van der Waals surface area contributed by atoms with E-state index in [0.717, 1.165) is 17.1 Å². The molecule has 1 amide bonds. The van der Waals surface area contributed by atoms with Crippen molar-refractivity contribution in [3.63, 3.8) is 0 Å².